The van der Waals surface area contributed by atoms with E-state index in [0.29, 0.717) is 84.2 Å². The number of hydrogen-bond donors (Lipinski definition) is 4. The molecule has 0 aliphatic heterocycles. The van der Waals surface area contributed by atoms with Gasteiger partial charge in [-0.05, 0) is 94.6 Å². The van der Waals surface area contributed by atoms with Crippen molar-refractivity contribution in [1.29, 1.82) is 0 Å². The minimum absolute atomic E-state index is 0.0853. The lowest BCUT2D eigenvalue weighted by atomic mass is 10.2. The first kappa shape index (κ1) is 33.6. The molecule has 6 aromatic rings. The first-order valence-corrected chi connectivity index (χ1v) is 16.3. The van der Waals surface area contributed by atoms with E-state index in [2.05, 4.69) is 25.7 Å². The molecule has 4 heterocycles. The molecule has 15 nitrogen and oxygen atoms in total. The maximum atomic E-state index is 13.4. The summed E-state index contributed by atoms with van der Waals surface area (Å²) in [6.07, 6.45) is 3.15. The van der Waals surface area contributed by atoms with Gasteiger partial charge in [0.25, 0.3) is 11.8 Å². The quantitative estimate of drug-likeness (QED) is 0.125. The number of benzene rings is 2. The fourth-order valence-corrected chi connectivity index (χ4v) is 6.14. The van der Waals surface area contributed by atoms with Crippen molar-refractivity contribution in [3.05, 3.63) is 88.5 Å². The topological polar surface area (TPSA) is 197 Å². The fraction of sp³-hybridized carbons (Fsp3) is 0.286. The molecule has 0 atom stereocenters. The van der Waals surface area contributed by atoms with Crippen LogP contribution >= 0.6 is 0 Å². The number of aryl methyl sites for hydroxylation is 6. The highest BCUT2D eigenvalue weighted by Gasteiger charge is 2.21. The minimum atomic E-state index is -1.08. The van der Waals surface area contributed by atoms with Gasteiger partial charge >= 0.3 is 5.97 Å². The third kappa shape index (κ3) is 6.57. The van der Waals surface area contributed by atoms with Crippen molar-refractivity contribution < 1.29 is 24.3 Å². The van der Waals surface area contributed by atoms with E-state index in [0.717, 1.165) is 11.1 Å². The summed E-state index contributed by atoms with van der Waals surface area (Å²) < 4.78 is 7.23. The van der Waals surface area contributed by atoms with Crippen LogP contribution in [-0.4, -0.2) is 62.2 Å². The largest absolute Gasteiger partial charge is 0.478 e. The van der Waals surface area contributed by atoms with Crippen molar-refractivity contribution in [2.75, 3.05) is 10.6 Å². The maximum Gasteiger partial charge on any atom is 0.335 e. The van der Waals surface area contributed by atoms with E-state index < -0.39 is 11.9 Å². The predicted octanol–water partition coefficient (Wildman–Crippen LogP) is 4.82. The van der Waals surface area contributed by atoms with Crippen LogP contribution in [0.1, 0.15) is 79.6 Å². The molecule has 50 heavy (non-hydrogen) atoms. The van der Waals surface area contributed by atoms with Crippen molar-refractivity contribution >= 4 is 57.7 Å². The van der Waals surface area contributed by atoms with Gasteiger partial charge in [0.05, 0.1) is 33.3 Å². The second-order valence-corrected chi connectivity index (χ2v) is 12.0. The number of aromatic nitrogens is 7. The molecule has 6 rings (SSSR count). The molecule has 0 fully saturated rings. The highest BCUT2D eigenvalue weighted by molar-refractivity contribution is 6.04. The number of primary amides is 1. The third-order valence-electron chi connectivity index (χ3n) is 8.53. The molecule has 0 aliphatic rings. The van der Waals surface area contributed by atoms with E-state index in [4.69, 9.17) is 5.73 Å². The number of amides is 3. The Morgan fingerprint density at radius 1 is 0.760 bits per heavy atom. The first-order valence-electron chi connectivity index (χ1n) is 16.3. The number of unbranched alkanes of at least 4 members (excludes halogenated alkanes) is 1. The summed E-state index contributed by atoms with van der Waals surface area (Å²) in [5.74, 6) is -1.74. The standard InChI is InChI=1S/C35H38N10O5/c1-5-42-19-20(3)15-28(42)31(47)39-34-37-24-17-22(30(36)46)9-11-26(24)43(34)13-7-8-14-44-27-12-10-23(33(49)50)18-25(27)38-35(44)40-32(48)29-16-21(4)41-45(29)6-2/h9-12,15-19H,5-8,13-14H2,1-4H3,(H2,36,46)(H,49,50)(H,37,39,47)(H,38,40,48). The van der Waals surface area contributed by atoms with Gasteiger partial charge in [-0.2, -0.15) is 5.10 Å². The van der Waals surface area contributed by atoms with Crippen LogP contribution in [0, 0.1) is 13.8 Å². The van der Waals surface area contributed by atoms with Crippen LogP contribution in [0.2, 0.25) is 0 Å². The molecule has 2 aromatic carbocycles. The highest BCUT2D eigenvalue weighted by atomic mass is 16.4. The maximum absolute atomic E-state index is 13.4. The zero-order valence-electron chi connectivity index (χ0n) is 28.2. The average molecular weight is 679 g/mol. The monoisotopic (exact) mass is 678 g/mol. The normalized spacial score (nSPS) is 11.4. The molecule has 0 spiro atoms. The van der Waals surface area contributed by atoms with Crippen LogP contribution in [0.5, 0.6) is 0 Å². The molecule has 258 valence electrons. The Morgan fingerprint density at radius 3 is 1.86 bits per heavy atom. The Kier molecular flexibility index (Phi) is 9.22. The minimum Gasteiger partial charge on any atom is -0.478 e. The van der Waals surface area contributed by atoms with E-state index in [1.54, 1.807) is 35.0 Å². The first-order chi connectivity index (χ1) is 24.0. The van der Waals surface area contributed by atoms with Crippen molar-refractivity contribution in [1.82, 2.24) is 33.4 Å². The Morgan fingerprint density at radius 2 is 1.32 bits per heavy atom. The summed E-state index contributed by atoms with van der Waals surface area (Å²) in [4.78, 5) is 59.6. The number of nitrogens with two attached hydrogens (primary N) is 1. The number of carbonyl (C=O) groups excluding carboxylic acids is 3. The Labute approximate surface area is 286 Å². The van der Waals surface area contributed by atoms with Gasteiger partial charge < -0.3 is 24.5 Å². The fourth-order valence-electron chi connectivity index (χ4n) is 6.14. The summed E-state index contributed by atoms with van der Waals surface area (Å²) in [5, 5.41) is 19.8. The van der Waals surface area contributed by atoms with Crippen LogP contribution < -0.4 is 16.4 Å². The second kappa shape index (κ2) is 13.7. The molecule has 0 saturated heterocycles. The molecule has 0 saturated carbocycles. The van der Waals surface area contributed by atoms with E-state index in [1.807, 2.05) is 53.7 Å². The summed E-state index contributed by atoms with van der Waals surface area (Å²) in [7, 11) is 0. The van der Waals surface area contributed by atoms with Crippen LogP contribution in [-0.2, 0) is 26.2 Å². The van der Waals surface area contributed by atoms with Crippen LogP contribution in [0.3, 0.4) is 0 Å². The van der Waals surface area contributed by atoms with Gasteiger partial charge in [0.15, 0.2) is 0 Å². The lowest BCUT2D eigenvalue weighted by Gasteiger charge is -2.13. The van der Waals surface area contributed by atoms with Gasteiger partial charge in [-0.25, -0.2) is 14.8 Å². The van der Waals surface area contributed by atoms with Gasteiger partial charge in [0.1, 0.15) is 11.4 Å². The van der Waals surface area contributed by atoms with Gasteiger partial charge in [-0.15, -0.1) is 0 Å². The number of aromatic carboxylic acids is 1. The van der Waals surface area contributed by atoms with Gasteiger partial charge in [0.2, 0.25) is 17.8 Å². The third-order valence-corrected chi connectivity index (χ3v) is 8.53. The number of nitrogens with one attached hydrogen (secondary N) is 2. The zero-order valence-corrected chi connectivity index (χ0v) is 28.2. The van der Waals surface area contributed by atoms with E-state index in [9.17, 15) is 24.3 Å². The zero-order chi connectivity index (χ0) is 35.7. The number of carboxylic acids is 1. The number of nitrogens with zero attached hydrogens (tertiary/aromatic N) is 7. The van der Waals surface area contributed by atoms with E-state index in [-0.39, 0.29) is 23.3 Å². The number of imidazole rings is 2. The number of carbonyl (C=O) groups is 4. The van der Waals surface area contributed by atoms with Gasteiger partial charge in [-0.3, -0.25) is 29.7 Å². The summed E-state index contributed by atoms with van der Waals surface area (Å²) >= 11 is 0. The Bertz CT molecular complexity index is 2130. The average Bonchev–Trinajstić information content (AvgIpc) is 3.84. The van der Waals surface area contributed by atoms with Gasteiger partial charge in [-0.1, -0.05) is 0 Å². The molecule has 5 N–H and O–H groups in total. The predicted molar refractivity (Wildman–Crippen MR) is 188 cm³/mol. The van der Waals surface area contributed by atoms with Gasteiger partial charge in [0, 0.05) is 37.9 Å². The molecule has 4 aromatic heterocycles. The molecule has 0 bridgehead atoms. The molecule has 3 amide bonds. The van der Waals surface area contributed by atoms with Crippen molar-refractivity contribution in [2.24, 2.45) is 5.73 Å². The summed E-state index contributed by atoms with van der Waals surface area (Å²) in [6.45, 7) is 9.63. The van der Waals surface area contributed by atoms with E-state index >= 15 is 0 Å². The molecule has 0 aliphatic carbocycles. The SMILES string of the molecule is CCn1cc(C)cc1C(=O)Nc1nc2cc(C(N)=O)ccc2n1CCCCn1c(NC(=O)c2cc(C)nn2CC)nc2cc(C(=O)O)ccc21. The summed E-state index contributed by atoms with van der Waals surface area (Å²) in [6, 6.07) is 13.2. The van der Waals surface area contributed by atoms with E-state index in [1.165, 1.54) is 12.1 Å². The lowest BCUT2D eigenvalue weighted by molar-refractivity contribution is 0.0696. The van der Waals surface area contributed by atoms with Crippen LogP contribution in [0.15, 0.2) is 54.7 Å². The molecular formula is C35H38N10O5. The van der Waals surface area contributed by atoms with Crippen molar-refractivity contribution in [3.8, 4) is 0 Å². The lowest BCUT2D eigenvalue weighted by Crippen LogP contribution is -2.20. The summed E-state index contributed by atoms with van der Waals surface area (Å²) in [5.41, 5.74) is 10.8. The van der Waals surface area contributed by atoms with Crippen LogP contribution in [0.4, 0.5) is 11.9 Å². The number of anilines is 2. The molecule has 0 unspecified atom stereocenters. The highest BCUT2D eigenvalue weighted by Crippen LogP contribution is 2.26. The number of carboxylic acid groups (broad SMARTS) is 1. The van der Waals surface area contributed by atoms with Crippen molar-refractivity contribution in [3.63, 3.8) is 0 Å². The smallest absolute Gasteiger partial charge is 0.335 e. The number of fused-ring (bicyclic) bond motifs is 2. The Hall–Kier alpha value is -6.25. The number of rotatable bonds is 13. The second-order valence-electron chi connectivity index (χ2n) is 12.0. The molecular weight excluding hydrogens is 640 g/mol. The van der Waals surface area contributed by atoms with Crippen molar-refractivity contribution in [2.45, 2.75) is 66.7 Å². The van der Waals surface area contributed by atoms with Crippen LogP contribution in [0.25, 0.3) is 22.1 Å². The molecule has 0 radical (unpaired) electrons. The number of hydrogen-bond acceptors (Lipinski definition) is 7. The molecule has 15 heteroatoms. The Balaban J connectivity index is 1.27.